The lowest BCUT2D eigenvalue weighted by molar-refractivity contribution is -0.137. The highest BCUT2D eigenvalue weighted by Gasteiger charge is 2.30. The molecule has 0 amide bonds. The number of aromatic nitrogens is 3. The van der Waals surface area contributed by atoms with E-state index in [4.69, 9.17) is 0 Å². The summed E-state index contributed by atoms with van der Waals surface area (Å²) < 4.78 is 40.8. The molecule has 0 aliphatic rings. The van der Waals surface area contributed by atoms with E-state index in [0.717, 1.165) is 22.2 Å². The van der Waals surface area contributed by atoms with Crippen LogP contribution in [0.3, 0.4) is 0 Å². The maximum absolute atomic E-state index is 12.8. The number of anilines is 2. The van der Waals surface area contributed by atoms with Crippen LogP contribution in [0.4, 0.5) is 24.7 Å². The SMILES string of the molecule is Cn1c(SCc2ccc(Br)cc2)nnc(Nc2cccc(C(F)(F)F)c2)c1=O. The summed E-state index contributed by atoms with van der Waals surface area (Å²) in [6, 6.07) is 12.3. The molecular weight excluding hydrogens is 457 g/mol. The average molecular weight is 471 g/mol. The Labute approximate surface area is 171 Å². The largest absolute Gasteiger partial charge is 0.416 e. The summed E-state index contributed by atoms with van der Waals surface area (Å²) in [6.07, 6.45) is -4.47. The van der Waals surface area contributed by atoms with E-state index in [2.05, 4.69) is 31.4 Å². The molecule has 0 atom stereocenters. The quantitative estimate of drug-likeness (QED) is 0.532. The Kier molecular flexibility index (Phi) is 6.09. The fourth-order valence-electron chi connectivity index (χ4n) is 2.29. The molecule has 3 rings (SSSR count). The van der Waals surface area contributed by atoms with Gasteiger partial charge in [-0.1, -0.05) is 45.9 Å². The second-order valence-corrected chi connectivity index (χ2v) is 7.67. The third kappa shape index (κ3) is 4.93. The van der Waals surface area contributed by atoms with Crippen molar-refractivity contribution in [3.8, 4) is 0 Å². The zero-order valence-corrected chi connectivity index (χ0v) is 16.9. The highest BCUT2D eigenvalue weighted by Crippen LogP contribution is 2.31. The Bertz CT molecular complexity index is 1040. The molecule has 0 spiro atoms. The van der Waals surface area contributed by atoms with E-state index in [1.165, 1.54) is 35.5 Å². The molecule has 1 aromatic heterocycles. The molecule has 0 bridgehead atoms. The van der Waals surface area contributed by atoms with Crippen molar-refractivity contribution in [2.75, 3.05) is 5.32 Å². The van der Waals surface area contributed by atoms with E-state index in [1.807, 2.05) is 24.3 Å². The van der Waals surface area contributed by atoms with Crippen LogP contribution in [0.5, 0.6) is 0 Å². The molecule has 0 unspecified atom stereocenters. The molecule has 2 aromatic carbocycles. The van der Waals surface area contributed by atoms with Crippen molar-refractivity contribution in [1.29, 1.82) is 0 Å². The molecule has 0 saturated heterocycles. The van der Waals surface area contributed by atoms with Crippen LogP contribution in [0.2, 0.25) is 0 Å². The van der Waals surface area contributed by atoms with Crippen molar-refractivity contribution < 1.29 is 13.2 Å². The zero-order valence-electron chi connectivity index (χ0n) is 14.5. The minimum atomic E-state index is -4.47. The number of nitrogens with one attached hydrogen (secondary N) is 1. The van der Waals surface area contributed by atoms with Crippen molar-refractivity contribution in [2.24, 2.45) is 7.05 Å². The van der Waals surface area contributed by atoms with Gasteiger partial charge in [0.1, 0.15) is 0 Å². The van der Waals surface area contributed by atoms with E-state index >= 15 is 0 Å². The number of hydrogen-bond donors (Lipinski definition) is 1. The monoisotopic (exact) mass is 470 g/mol. The molecule has 3 aromatic rings. The van der Waals surface area contributed by atoms with Crippen LogP contribution in [0.15, 0.2) is 63.0 Å². The number of nitrogens with zero attached hydrogens (tertiary/aromatic N) is 3. The molecule has 0 aliphatic heterocycles. The van der Waals surface area contributed by atoms with Gasteiger partial charge in [-0.3, -0.25) is 9.36 Å². The summed E-state index contributed by atoms with van der Waals surface area (Å²) in [5.74, 6) is 0.449. The van der Waals surface area contributed by atoms with Gasteiger partial charge in [-0.05, 0) is 35.9 Å². The lowest BCUT2D eigenvalue weighted by Crippen LogP contribution is -2.24. The average Bonchev–Trinajstić information content (AvgIpc) is 2.66. The van der Waals surface area contributed by atoms with Gasteiger partial charge in [-0.25, -0.2) is 0 Å². The Balaban J connectivity index is 1.77. The summed E-state index contributed by atoms with van der Waals surface area (Å²) >= 11 is 4.71. The molecular formula is C18H14BrF3N4OS. The van der Waals surface area contributed by atoms with E-state index in [9.17, 15) is 18.0 Å². The van der Waals surface area contributed by atoms with Crippen molar-refractivity contribution >= 4 is 39.2 Å². The number of hydrogen-bond acceptors (Lipinski definition) is 5. The van der Waals surface area contributed by atoms with Crippen LogP contribution in [0.25, 0.3) is 0 Å². The van der Waals surface area contributed by atoms with Gasteiger partial charge in [0.05, 0.1) is 5.56 Å². The summed E-state index contributed by atoms with van der Waals surface area (Å²) in [4.78, 5) is 12.5. The van der Waals surface area contributed by atoms with Gasteiger partial charge in [-0.15, -0.1) is 10.2 Å². The first-order chi connectivity index (χ1) is 13.2. The van der Waals surface area contributed by atoms with Crippen molar-refractivity contribution in [2.45, 2.75) is 17.1 Å². The summed E-state index contributed by atoms with van der Waals surface area (Å²) in [7, 11) is 1.54. The second kappa shape index (κ2) is 8.36. The van der Waals surface area contributed by atoms with E-state index < -0.39 is 17.3 Å². The molecule has 146 valence electrons. The number of halogens is 4. The van der Waals surface area contributed by atoms with E-state index in [-0.39, 0.29) is 11.5 Å². The highest BCUT2D eigenvalue weighted by atomic mass is 79.9. The molecule has 1 heterocycles. The minimum absolute atomic E-state index is 0.108. The Morgan fingerprint density at radius 2 is 1.86 bits per heavy atom. The molecule has 0 saturated carbocycles. The van der Waals surface area contributed by atoms with Gasteiger partial charge in [0.25, 0.3) is 5.56 Å². The van der Waals surface area contributed by atoms with Gasteiger partial charge in [0.15, 0.2) is 5.16 Å². The first kappa shape index (κ1) is 20.4. The van der Waals surface area contributed by atoms with Crippen LogP contribution in [0.1, 0.15) is 11.1 Å². The maximum atomic E-state index is 12.8. The van der Waals surface area contributed by atoms with Gasteiger partial charge in [0.2, 0.25) is 5.82 Å². The molecule has 28 heavy (non-hydrogen) atoms. The van der Waals surface area contributed by atoms with Crippen LogP contribution in [-0.2, 0) is 19.0 Å². The molecule has 0 fully saturated rings. The van der Waals surface area contributed by atoms with E-state index in [1.54, 1.807) is 0 Å². The number of rotatable bonds is 5. The lowest BCUT2D eigenvalue weighted by atomic mass is 10.2. The number of thioether (sulfide) groups is 1. The van der Waals surface area contributed by atoms with Crippen LogP contribution in [-0.4, -0.2) is 14.8 Å². The van der Waals surface area contributed by atoms with Crippen LogP contribution >= 0.6 is 27.7 Å². The topological polar surface area (TPSA) is 59.8 Å². The normalized spacial score (nSPS) is 11.5. The summed E-state index contributed by atoms with van der Waals surface area (Å²) in [5.41, 5.74) is -0.139. The van der Waals surface area contributed by atoms with Crippen molar-refractivity contribution in [3.63, 3.8) is 0 Å². The van der Waals surface area contributed by atoms with Crippen molar-refractivity contribution in [1.82, 2.24) is 14.8 Å². The third-order valence-corrected chi connectivity index (χ3v) is 5.38. The van der Waals surface area contributed by atoms with Gasteiger partial charge < -0.3 is 5.32 Å². The first-order valence-corrected chi connectivity index (χ1v) is 9.77. The van der Waals surface area contributed by atoms with Crippen LogP contribution < -0.4 is 10.9 Å². The Morgan fingerprint density at radius 3 is 2.54 bits per heavy atom. The van der Waals surface area contributed by atoms with Crippen LogP contribution in [0, 0.1) is 0 Å². The van der Waals surface area contributed by atoms with Gasteiger partial charge in [0, 0.05) is 23.0 Å². The highest BCUT2D eigenvalue weighted by molar-refractivity contribution is 9.10. The maximum Gasteiger partial charge on any atom is 0.416 e. The Morgan fingerprint density at radius 1 is 1.14 bits per heavy atom. The Hall–Kier alpha value is -2.33. The van der Waals surface area contributed by atoms with Crippen molar-refractivity contribution in [3.05, 3.63) is 74.5 Å². The van der Waals surface area contributed by atoms with Gasteiger partial charge >= 0.3 is 6.18 Å². The molecule has 10 heteroatoms. The third-order valence-electron chi connectivity index (χ3n) is 3.76. The summed E-state index contributed by atoms with van der Waals surface area (Å²) in [6.45, 7) is 0. The molecule has 5 nitrogen and oxygen atoms in total. The van der Waals surface area contributed by atoms with Gasteiger partial charge in [-0.2, -0.15) is 13.2 Å². The number of benzene rings is 2. The molecule has 0 aliphatic carbocycles. The standard InChI is InChI=1S/C18H14BrF3N4OS/c1-26-16(27)15(23-14-4-2-3-12(9-14)18(20,21)22)24-25-17(26)28-10-11-5-7-13(19)8-6-11/h2-9H,10H2,1H3,(H,23,24). The fraction of sp³-hybridized carbons (Fsp3) is 0.167. The summed E-state index contributed by atoms with van der Waals surface area (Å²) in [5, 5.41) is 10.9. The predicted molar refractivity (Wildman–Crippen MR) is 106 cm³/mol. The van der Waals surface area contributed by atoms with E-state index in [0.29, 0.717) is 10.9 Å². The number of alkyl halides is 3. The molecule has 1 N–H and O–H groups in total. The minimum Gasteiger partial charge on any atom is -0.334 e. The smallest absolute Gasteiger partial charge is 0.334 e. The predicted octanol–water partition coefficient (Wildman–Crippen LogP) is 4.99. The second-order valence-electron chi connectivity index (χ2n) is 5.81. The first-order valence-electron chi connectivity index (χ1n) is 7.99. The lowest BCUT2D eigenvalue weighted by Gasteiger charge is -2.11. The fourth-order valence-corrected chi connectivity index (χ4v) is 3.42. The molecule has 0 radical (unpaired) electrons. The zero-order chi connectivity index (χ0) is 20.3.